The summed E-state index contributed by atoms with van der Waals surface area (Å²) in [7, 11) is 0. The lowest BCUT2D eigenvalue weighted by atomic mass is 10.1. The first kappa shape index (κ1) is 16.8. The Morgan fingerprint density at radius 3 is 2.72 bits per heavy atom. The molecular formula is C17H19FN4OS2. The zero-order chi connectivity index (χ0) is 17.2. The van der Waals surface area contributed by atoms with Crippen molar-refractivity contribution < 1.29 is 9.18 Å². The number of nitrogens with one attached hydrogen (secondary N) is 2. The van der Waals surface area contributed by atoms with Gasteiger partial charge >= 0.3 is 0 Å². The number of carbonyl (C=O) groups is 1. The molecule has 0 atom stereocenters. The molecule has 1 aromatic heterocycles. The fourth-order valence-corrected chi connectivity index (χ4v) is 4.48. The number of thioether (sulfide) groups is 1. The summed E-state index contributed by atoms with van der Waals surface area (Å²) in [5.74, 6) is 1.52. The molecule has 0 unspecified atom stereocenters. The Balaban J connectivity index is 1.27. The van der Waals surface area contributed by atoms with E-state index in [2.05, 4.69) is 20.8 Å². The van der Waals surface area contributed by atoms with Gasteiger partial charge in [0.1, 0.15) is 5.82 Å². The van der Waals surface area contributed by atoms with E-state index >= 15 is 0 Å². The predicted molar refractivity (Wildman–Crippen MR) is 97.7 cm³/mol. The Hall–Kier alpha value is -1.67. The molecule has 0 aliphatic heterocycles. The highest BCUT2D eigenvalue weighted by Crippen LogP contribution is 2.44. The second-order valence-corrected chi connectivity index (χ2v) is 8.77. The van der Waals surface area contributed by atoms with Gasteiger partial charge in [0, 0.05) is 11.7 Å². The average molecular weight is 378 g/mol. The number of aromatic nitrogens is 2. The second-order valence-electron chi connectivity index (χ2n) is 6.57. The summed E-state index contributed by atoms with van der Waals surface area (Å²) in [6, 6.07) is 6.57. The number of anilines is 2. The average Bonchev–Trinajstić information content (AvgIpc) is 3.50. The zero-order valence-corrected chi connectivity index (χ0v) is 15.2. The summed E-state index contributed by atoms with van der Waals surface area (Å²) in [5, 5.41) is 14.9. The number of hydrogen-bond donors (Lipinski definition) is 2. The largest absolute Gasteiger partial charge is 0.352 e. The minimum Gasteiger partial charge on any atom is -0.352 e. The zero-order valence-electron chi connectivity index (χ0n) is 13.6. The molecule has 2 aliphatic carbocycles. The number of benzene rings is 1. The Kier molecular flexibility index (Phi) is 4.89. The summed E-state index contributed by atoms with van der Waals surface area (Å²) < 4.78 is 13.9. The smallest absolute Gasteiger partial charge is 0.230 e. The van der Waals surface area contributed by atoms with E-state index in [0.29, 0.717) is 34.4 Å². The van der Waals surface area contributed by atoms with Crippen LogP contribution in [0.4, 0.5) is 15.2 Å². The minimum absolute atomic E-state index is 0.0728. The topological polar surface area (TPSA) is 66.9 Å². The molecule has 0 bridgehead atoms. The lowest BCUT2D eigenvalue weighted by molar-refractivity contribution is -0.119. The molecular weight excluding hydrogens is 359 g/mol. The summed E-state index contributed by atoms with van der Waals surface area (Å²) in [4.78, 5) is 12.2. The number of rotatable bonds is 8. The van der Waals surface area contributed by atoms with Crippen molar-refractivity contribution in [2.45, 2.75) is 36.1 Å². The Morgan fingerprint density at radius 1 is 1.28 bits per heavy atom. The maximum atomic E-state index is 13.2. The van der Waals surface area contributed by atoms with Crippen molar-refractivity contribution >= 4 is 39.8 Å². The molecule has 25 heavy (non-hydrogen) atoms. The summed E-state index contributed by atoms with van der Waals surface area (Å²) in [6.07, 6.45) is 5.00. The van der Waals surface area contributed by atoms with Crippen LogP contribution in [-0.2, 0) is 4.79 Å². The number of carbonyl (C=O) groups excluding carboxylic acids is 1. The number of amides is 1. The summed E-state index contributed by atoms with van der Waals surface area (Å²) in [6.45, 7) is 0. The first-order valence-electron chi connectivity index (χ1n) is 8.45. The highest BCUT2D eigenvalue weighted by molar-refractivity contribution is 8.01. The van der Waals surface area contributed by atoms with Crippen molar-refractivity contribution in [3.05, 3.63) is 30.1 Å². The molecule has 4 rings (SSSR count). The molecule has 2 fully saturated rings. The van der Waals surface area contributed by atoms with E-state index < -0.39 is 0 Å². The molecule has 0 radical (unpaired) electrons. The molecule has 0 spiro atoms. The highest BCUT2D eigenvalue weighted by Gasteiger charge is 2.42. The molecule has 0 saturated heterocycles. The highest BCUT2D eigenvalue weighted by atomic mass is 32.2. The van der Waals surface area contributed by atoms with Crippen LogP contribution in [0.2, 0.25) is 0 Å². The Morgan fingerprint density at radius 2 is 2.04 bits per heavy atom. The van der Waals surface area contributed by atoms with Gasteiger partial charge in [-0.1, -0.05) is 29.2 Å². The maximum absolute atomic E-state index is 13.2. The van der Waals surface area contributed by atoms with Crippen LogP contribution in [0.15, 0.2) is 28.6 Å². The van der Waals surface area contributed by atoms with Gasteiger partial charge in [-0.2, -0.15) is 0 Å². The molecule has 1 aromatic carbocycles. The van der Waals surface area contributed by atoms with Crippen molar-refractivity contribution in [2.24, 2.45) is 11.8 Å². The third-order valence-corrected chi connectivity index (χ3v) is 6.37. The molecule has 8 heteroatoms. The van der Waals surface area contributed by atoms with Crippen LogP contribution in [0.3, 0.4) is 0 Å². The third kappa shape index (κ3) is 4.70. The third-order valence-electron chi connectivity index (χ3n) is 4.40. The van der Waals surface area contributed by atoms with Crippen LogP contribution in [0.1, 0.15) is 25.7 Å². The van der Waals surface area contributed by atoms with Gasteiger partial charge in [0.2, 0.25) is 11.0 Å². The number of halogens is 1. The SMILES string of the molecule is O=C(CSc1nnc(Nc2cccc(F)c2)s1)NC(C1CC1)C1CC1. The van der Waals surface area contributed by atoms with E-state index in [4.69, 9.17) is 0 Å². The van der Waals surface area contributed by atoms with Crippen LogP contribution in [0, 0.1) is 17.7 Å². The van der Waals surface area contributed by atoms with Gasteiger partial charge in [-0.15, -0.1) is 10.2 Å². The fourth-order valence-electron chi connectivity index (χ4n) is 2.89. The molecule has 2 aromatic rings. The summed E-state index contributed by atoms with van der Waals surface area (Å²) >= 11 is 2.75. The van der Waals surface area contributed by atoms with Crippen LogP contribution in [0.5, 0.6) is 0 Å². The van der Waals surface area contributed by atoms with Crippen LogP contribution in [-0.4, -0.2) is 27.9 Å². The van der Waals surface area contributed by atoms with E-state index in [9.17, 15) is 9.18 Å². The lowest BCUT2D eigenvalue weighted by Crippen LogP contribution is -2.39. The standard InChI is InChI=1S/C17H19FN4OS2/c18-12-2-1-3-13(8-12)19-16-21-22-17(25-16)24-9-14(23)20-15(10-4-5-10)11-6-7-11/h1-3,8,10-11,15H,4-7,9H2,(H,19,21)(H,20,23). The van der Waals surface area contributed by atoms with Crippen molar-refractivity contribution in [3.63, 3.8) is 0 Å². The quantitative estimate of drug-likeness (QED) is 0.684. The van der Waals surface area contributed by atoms with E-state index in [1.807, 2.05) is 0 Å². The summed E-state index contributed by atoms with van der Waals surface area (Å²) in [5.41, 5.74) is 0.627. The normalized spacial score (nSPS) is 16.9. The molecule has 132 valence electrons. The van der Waals surface area contributed by atoms with E-state index in [-0.39, 0.29) is 11.7 Å². The van der Waals surface area contributed by atoms with Crippen molar-refractivity contribution in [1.29, 1.82) is 0 Å². The van der Waals surface area contributed by atoms with Gasteiger partial charge in [-0.25, -0.2) is 4.39 Å². The number of hydrogen-bond acceptors (Lipinski definition) is 6. The van der Waals surface area contributed by atoms with Gasteiger partial charge < -0.3 is 10.6 Å². The first-order valence-corrected chi connectivity index (χ1v) is 10.3. The van der Waals surface area contributed by atoms with E-state index in [1.165, 1.54) is 60.9 Å². The molecule has 2 aliphatic rings. The molecule has 1 heterocycles. The predicted octanol–water partition coefficient (Wildman–Crippen LogP) is 3.82. The van der Waals surface area contributed by atoms with Gasteiger partial charge in [0.05, 0.1) is 5.75 Å². The fraction of sp³-hybridized carbons (Fsp3) is 0.471. The van der Waals surface area contributed by atoms with Gasteiger partial charge in [-0.05, 0) is 55.7 Å². The molecule has 1 amide bonds. The second kappa shape index (κ2) is 7.29. The van der Waals surface area contributed by atoms with E-state index in [1.54, 1.807) is 12.1 Å². The van der Waals surface area contributed by atoms with Gasteiger partial charge in [0.15, 0.2) is 4.34 Å². The van der Waals surface area contributed by atoms with E-state index in [0.717, 1.165) is 4.34 Å². The lowest BCUT2D eigenvalue weighted by Gasteiger charge is -2.17. The molecule has 2 N–H and O–H groups in total. The Labute approximate surface area is 153 Å². The first-order chi connectivity index (χ1) is 12.2. The van der Waals surface area contributed by atoms with Gasteiger partial charge in [-0.3, -0.25) is 4.79 Å². The molecule has 5 nitrogen and oxygen atoms in total. The Bertz CT molecular complexity index is 749. The van der Waals surface area contributed by atoms with Crippen molar-refractivity contribution in [1.82, 2.24) is 15.5 Å². The van der Waals surface area contributed by atoms with Crippen LogP contribution < -0.4 is 10.6 Å². The van der Waals surface area contributed by atoms with Crippen molar-refractivity contribution in [3.8, 4) is 0 Å². The van der Waals surface area contributed by atoms with Crippen molar-refractivity contribution in [2.75, 3.05) is 11.1 Å². The van der Waals surface area contributed by atoms with Gasteiger partial charge in [0.25, 0.3) is 0 Å². The maximum Gasteiger partial charge on any atom is 0.230 e. The number of nitrogens with zero attached hydrogens (tertiary/aromatic N) is 2. The molecule has 2 saturated carbocycles. The van der Waals surface area contributed by atoms with Crippen LogP contribution in [0.25, 0.3) is 0 Å². The van der Waals surface area contributed by atoms with Crippen LogP contribution >= 0.6 is 23.1 Å². The minimum atomic E-state index is -0.304. The monoisotopic (exact) mass is 378 g/mol.